The van der Waals surface area contributed by atoms with Gasteiger partial charge in [0.1, 0.15) is 0 Å². The van der Waals surface area contributed by atoms with Gasteiger partial charge in [-0.2, -0.15) is 0 Å². The largest absolute Gasteiger partial charge is 0.394 e. The minimum Gasteiger partial charge on any atom is -0.394 e. The first kappa shape index (κ1) is 9.86. The molecule has 0 bridgehead atoms. The molecule has 0 saturated heterocycles. The summed E-state index contributed by atoms with van der Waals surface area (Å²) in [6.45, 7) is 0. The summed E-state index contributed by atoms with van der Waals surface area (Å²) in [7, 11) is 1.80. The zero-order chi connectivity index (χ0) is 9.68. The van der Waals surface area contributed by atoms with Gasteiger partial charge in [-0.15, -0.1) is 12.6 Å². The topological polar surface area (TPSA) is 29.1 Å². The van der Waals surface area contributed by atoms with E-state index in [1.54, 1.807) is 19.3 Å². The maximum absolute atomic E-state index is 10.7. The van der Waals surface area contributed by atoms with Crippen LogP contribution in [0.4, 0.5) is 0 Å². The van der Waals surface area contributed by atoms with Gasteiger partial charge >= 0.3 is 0 Å². The molecule has 0 heterocycles. The zero-order valence-electron chi connectivity index (χ0n) is 7.32. The van der Waals surface area contributed by atoms with E-state index in [0.29, 0.717) is 5.56 Å². The Morgan fingerprint density at radius 1 is 1.46 bits per heavy atom. The molecular weight excluding hydrogens is 182 g/mol. The average Bonchev–Trinajstić information content (AvgIpc) is 2.15. The Balaban J connectivity index is 3.14. The number of rotatable bonds is 3. The van der Waals surface area contributed by atoms with Crippen LogP contribution in [0.3, 0.4) is 0 Å². The monoisotopic (exact) mass is 193 g/mol. The van der Waals surface area contributed by atoms with Crippen molar-refractivity contribution in [1.82, 2.24) is 5.32 Å². The minimum absolute atomic E-state index is 0.652. The third-order valence-electron chi connectivity index (χ3n) is 1.66. The first-order chi connectivity index (χ1) is 6.29. The number of hydrogen-bond acceptors (Lipinski definition) is 3. The standard InChI is InChI=1S/C10H11NOS/c1-11-6-5-9-8(7-12)3-2-4-10(9)13/h2-7,11,13H,1H3/b6-5-. The lowest BCUT2D eigenvalue weighted by atomic mass is 10.1. The van der Waals surface area contributed by atoms with Crippen molar-refractivity contribution in [3.05, 3.63) is 35.5 Å². The number of aldehydes is 1. The lowest BCUT2D eigenvalue weighted by Gasteiger charge is -2.01. The maximum Gasteiger partial charge on any atom is 0.150 e. The van der Waals surface area contributed by atoms with E-state index < -0.39 is 0 Å². The lowest BCUT2D eigenvalue weighted by molar-refractivity contribution is 0.112. The molecule has 0 spiro atoms. The SMILES string of the molecule is CN/C=C\c1c(S)cccc1C=O. The third kappa shape index (κ3) is 2.36. The minimum atomic E-state index is 0.652. The van der Waals surface area contributed by atoms with Gasteiger partial charge in [0, 0.05) is 17.5 Å². The maximum atomic E-state index is 10.7. The van der Waals surface area contributed by atoms with Gasteiger partial charge in [0.2, 0.25) is 0 Å². The van der Waals surface area contributed by atoms with Crippen LogP contribution in [-0.4, -0.2) is 13.3 Å². The van der Waals surface area contributed by atoms with Crippen LogP contribution in [0, 0.1) is 0 Å². The molecule has 0 fully saturated rings. The molecule has 68 valence electrons. The van der Waals surface area contributed by atoms with Gasteiger partial charge in [-0.25, -0.2) is 0 Å². The van der Waals surface area contributed by atoms with Crippen LogP contribution in [0.25, 0.3) is 6.08 Å². The predicted octanol–water partition coefficient (Wildman–Crippen LogP) is 1.98. The number of thiol groups is 1. The van der Waals surface area contributed by atoms with Gasteiger partial charge < -0.3 is 5.32 Å². The Hall–Kier alpha value is -1.22. The Morgan fingerprint density at radius 2 is 2.23 bits per heavy atom. The highest BCUT2D eigenvalue weighted by molar-refractivity contribution is 7.80. The first-order valence-corrected chi connectivity index (χ1v) is 4.35. The number of carbonyl (C=O) groups is 1. The molecule has 0 atom stereocenters. The Kier molecular flexibility index (Phi) is 3.58. The summed E-state index contributed by atoms with van der Waals surface area (Å²) >= 11 is 4.26. The van der Waals surface area contributed by atoms with E-state index in [1.807, 2.05) is 18.2 Å². The highest BCUT2D eigenvalue weighted by atomic mass is 32.1. The molecule has 0 radical (unpaired) electrons. The van der Waals surface area contributed by atoms with E-state index in [-0.39, 0.29) is 0 Å². The highest BCUT2D eigenvalue weighted by Crippen LogP contribution is 2.18. The van der Waals surface area contributed by atoms with Crippen LogP contribution in [0.2, 0.25) is 0 Å². The van der Waals surface area contributed by atoms with Gasteiger partial charge in [-0.3, -0.25) is 4.79 Å². The molecule has 13 heavy (non-hydrogen) atoms. The molecule has 0 amide bonds. The van der Waals surface area contributed by atoms with Gasteiger partial charge in [-0.1, -0.05) is 12.1 Å². The molecule has 2 nitrogen and oxygen atoms in total. The highest BCUT2D eigenvalue weighted by Gasteiger charge is 2.00. The molecule has 0 aromatic heterocycles. The molecule has 1 aromatic carbocycles. The van der Waals surface area contributed by atoms with E-state index >= 15 is 0 Å². The summed E-state index contributed by atoms with van der Waals surface area (Å²) < 4.78 is 0. The van der Waals surface area contributed by atoms with Crippen LogP contribution >= 0.6 is 12.6 Å². The van der Waals surface area contributed by atoms with Crippen molar-refractivity contribution in [3.8, 4) is 0 Å². The molecular formula is C10H11NOS. The summed E-state index contributed by atoms with van der Waals surface area (Å²) in [4.78, 5) is 11.5. The van der Waals surface area contributed by atoms with E-state index in [0.717, 1.165) is 16.7 Å². The van der Waals surface area contributed by atoms with Crippen molar-refractivity contribution in [1.29, 1.82) is 0 Å². The van der Waals surface area contributed by atoms with Gasteiger partial charge in [0.05, 0.1) is 0 Å². The summed E-state index contributed by atoms with van der Waals surface area (Å²) in [6.07, 6.45) is 4.42. The summed E-state index contributed by atoms with van der Waals surface area (Å²) in [5, 5.41) is 2.86. The number of benzene rings is 1. The Labute approximate surface area is 83.1 Å². The smallest absolute Gasteiger partial charge is 0.150 e. The summed E-state index contributed by atoms with van der Waals surface area (Å²) in [6, 6.07) is 5.43. The molecule has 0 aliphatic carbocycles. The van der Waals surface area contributed by atoms with Crippen molar-refractivity contribution >= 4 is 25.0 Å². The van der Waals surface area contributed by atoms with Gasteiger partial charge in [0.25, 0.3) is 0 Å². The average molecular weight is 193 g/mol. The molecule has 0 aliphatic heterocycles. The van der Waals surface area contributed by atoms with Crippen LogP contribution in [-0.2, 0) is 0 Å². The second kappa shape index (κ2) is 4.72. The fourth-order valence-corrected chi connectivity index (χ4v) is 1.31. The predicted molar refractivity (Wildman–Crippen MR) is 57.2 cm³/mol. The first-order valence-electron chi connectivity index (χ1n) is 3.90. The number of hydrogen-bond donors (Lipinski definition) is 2. The van der Waals surface area contributed by atoms with E-state index in [1.165, 1.54) is 0 Å². The van der Waals surface area contributed by atoms with Crippen LogP contribution in [0.15, 0.2) is 29.3 Å². The lowest BCUT2D eigenvalue weighted by Crippen LogP contribution is -1.93. The molecule has 0 unspecified atom stereocenters. The molecule has 3 heteroatoms. The Bertz CT molecular complexity index is 334. The number of nitrogens with one attached hydrogen (secondary N) is 1. The van der Waals surface area contributed by atoms with Crippen LogP contribution < -0.4 is 5.32 Å². The molecule has 0 saturated carbocycles. The second-order valence-electron chi connectivity index (χ2n) is 2.52. The quantitative estimate of drug-likeness (QED) is 0.567. The van der Waals surface area contributed by atoms with Crippen LogP contribution in [0.5, 0.6) is 0 Å². The van der Waals surface area contributed by atoms with Crippen molar-refractivity contribution < 1.29 is 4.79 Å². The fraction of sp³-hybridized carbons (Fsp3) is 0.100. The van der Waals surface area contributed by atoms with Gasteiger partial charge in [-0.05, 0) is 23.9 Å². The van der Waals surface area contributed by atoms with E-state index in [4.69, 9.17) is 0 Å². The molecule has 0 aliphatic rings. The number of carbonyl (C=O) groups excluding carboxylic acids is 1. The molecule has 1 N–H and O–H groups in total. The van der Waals surface area contributed by atoms with Crippen molar-refractivity contribution in [2.45, 2.75) is 4.90 Å². The molecule has 1 aromatic rings. The van der Waals surface area contributed by atoms with Crippen molar-refractivity contribution in [2.24, 2.45) is 0 Å². The molecule has 1 rings (SSSR count). The van der Waals surface area contributed by atoms with E-state index in [9.17, 15) is 4.79 Å². The van der Waals surface area contributed by atoms with E-state index in [2.05, 4.69) is 17.9 Å². The van der Waals surface area contributed by atoms with Gasteiger partial charge in [0.15, 0.2) is 6.29 Å². The normalized spacial score (nSPS) is 10.3. The second-order valence-corrected chi connectivity index (χ2v) is 3.00. The summed E-state index contributed by atoms with van der Waals surface area (Å²) in [5.74, 6) is 0. The summed E-state index contributed by atoms with van der Waals surface area (Å²) in [5.41, 5.74) is 1.49. The fourth-order valence-electron chi connectivity index (χ4n) is 1.02. The Morgan fingerprint density at radius 3 is 2.85 bits per heavy atom. The third-order valence-corrected chi connectivity index (χ3v) is 2.05. The zero-order valence-corrected chi connectivity index (χ0v) is 8.21. The van der Waals surface area contributed by atoms with Crippen LogP contribution in [0.1, 0.15) is 15.9 Å². The van der Waals surface area contributed by atoms with Crippen molar-refractivity contribution in [3.63, 3.8) is 0 Å². The van der Waals surface area contributed by atoms with Crippen molar-refractivity contribution in [2.75, 3.05) is 7.05 Å².